The number of anilines is 1. The van der Waals surface area contributed by atoms with Crippen LogP contribution >= 0.6 is 0 Å². The van der Waals surface area contributed by atoms with Crippen molar-refractivity contribution < 1.29 is 0 Å². The quantitative estimate of drug-likeness (QED) is 0.404. The van der Waals surface area contributed by atoms with E-state index >= 15 is 0 Å². The van der Waals surface area contributed by atoms with Crippen molar-refractivity contribution >= 4 is 33.3 Å². The summed E-state index contributed by atoms with van der Waals surface area (Å²) < 4.78 is 0. The van der Waals surface area contributed by atoms with Crippen molar-refractivity contribution in [1.29, 1.82) is 0 Å². The maximum absolute atomic E-state index is 4.90. The standard InChI is InChI=1S/C25H24N6/c1-4-6-16(7-5-2)20-12-18-17(10-11-28-23(18)29-20)24-30-21-14-27-13-19(15-8-9-15)22(21)25(26-3)31-24/h4-7,10-15H,1,8-9H2,2-3H3,(H,28,29)(H,26,30,31)/b7-5-,16-6+. The molecule has 4 heterocycles. The number of hydrogen-bond acceptors (Lipinski definition) is 5. The summed E-state index contributed by atoms with van der Waals surface area (Å²) in [5.74, 6) is 2.07. The van der Waals surface area contributed by atoms with Gasteiger partial charge in [0.05, 0.1) is 11.7 Å². The monoisotopic (exact) mass is 408 g/mol. The van der Waals surface area contributed by atoms with Crippen LogP contribution in [0.4, 0.5) is 5.82 Å². The molecule has 6 nitrogen and oxygen atoms in total. The molecule has 4 aromatic rings. The summed E-state index contributed by atoms with van der Waals surface area (Å²) in [6, 6.07) is 4.06. The summed E-state index contributed by atoms with van der Waals surface area (Å²) >= 11 is 0. The molecule has 0 aromatic carbocycles. The van der Waals surface area contributed by atoms with E-state index in [1.54, 1.807) is 12.3 Å². The number of nitrogens with zero attached hydrogens (tertiary/aromatic N) is 4. The average molecular weight is 409 g/mol. The highest BCUT2D eigenvalue weighted by Crippen LogP contribution is 2.44. The van der Waals surface area contributed by atoms with Crippen LogP contribution < -0.4 is 5.32 Å². The molecule has 6 heteroatoms. The van der Waals surface area contributed by atoms with Gasteiger partial charge in [0, 0.05) is 41.5 Å². The molecule has 0 amide bonds. The summed E-state index contributed by atoms with van der Waals surface area (Å²) in [7, 11) is 1.91. The number of H-pyrrole nitrogens is 1. The minimum absolute atomic E-state index is 0.569. The van der Waals surface area contributed by atoms with Gasteiger partial charge in [0.15, 0.2) is 5.82 Å². The van der Waals surface area contributed by atoms with Gasteiger partial charge in [-0.05, 0) is 49.0 Å². The highest BCUT2D eigenvalue weighted by molar-refractivity contribution is 5.98. The molecule has 1 fully saturated rings. The Morgan fingerprint density at radius 3 is 2.87 bits per heavy atom. The molecule has 1 aliphatic carbocycles. The fourth-order valence-electron chi connectivity index (χ4n) is 4.03. The van der Waals surface area contributed by atoms with Gasteiger partial charge in [0.1, 0.15) is 11.5 Å². The number of rotatable bonds is 6. The van der Waals surface area contributed by atoms with Crippen LogP contribution in [0.15, 0.2) is 61.6 Å². The van der Waals surface area contributed by atoms with E-state index in [9.17, 15) is 0 Å². The smallest absolute Gasteiger partial charge is 0.163 e. The maximum atomic E-state index is 4.90. The van der Waals surface area contributed by atoms with Gasteiger partial charge in [-0.3, -0.25) is 4.98 Å². The second kappa shape index (κ2) is 7.80. The molecular weight excluding hydrogens is 384 g/mol. The van der Waals surface area contributed by atoms with Crippen LogP contribution in [-0.4, -0.2) is 32.0 Å². The lowest BCUT2D eigenvalue weighted by atomic mass is 10.1. The zero-order chi connectivity index (χ0) is 21.4. The third-order valence-electron chi connectivity index (χ3n) is 5.62. The molecule has 1 saturated carbocycles. The zero-order valence-corrected chi connectivity index (χ0v) is 17.7. The predicted molar refractivity (Wildman–Crippen MR) is 127 cm³/mol. The van der Waals surface area contributed by atoms with E-state index in [-0.39, 0.29) is 0 Å². The number of aromatic amines is 1. The van der Waals surface area contributed by atoms with Crippen LogP contribution in [0.3, 0.4) is 0 Å². The van der Waals surface area contributed by atoms with Crippen LogP contribution in [0.1, 0.15) is 36.9 Å². The Labute approximate surface area is 180 Å². The second-order valence-electron chi connectivity index (χ2n) is 7.70. The van der Waals surface area contributed by atoms with Crippen LogP contribution in [0.25, 0.3) is 38.9 Å². The van der Waals surface area contributed by atoms with E-state index in [1.165, 1.54) is 18.4 Å². The van der Waals surface area contributed by atoms with Crippen molar-refractivity contribution in [3.8, 4) is 11.4 Å². The summed E-state index contributed by atoms with van der Waals surface area (Å²) in [5, 5.41) is 5.33. The van der Waals surface area contributed by atoms with Crippen molar-refractivity contribution in [1.82, 2.24) is 24.9 Å². The molecule has 0 bridgehead atoms. The van der Waals surface area contributed by atoms with Gasteiger partial charge in [0.25, 0.3) is 0 Å². The van der Waals surface area contributed by atoms with Gasteiger partial charge < -0.3 is 10.3 Å². The number of aromatic nitrogens is 5. The van der Waals surface area contributed by atoms with Crippen molar-refractivity contribution in [2.75, 3.05) is 12.4 Å². The first-order valence-corrected chi connectivity index (χ1v) is 10.5. The number of pyridine rings is 2. The maximum Gasteiger partial charge on any atom is 0.163 e. The fraction of sp³-hybridized carbons (Fsp3) is 0.200. The first-order chi connectivity index (χ1) is 15.2. The number of allylic oxidation sites excluding steroid dienone is 5. The van der Waals surface area contributed by atoms with Gasteiger partial charge >= 0.3 is 0 Å². The van der Waals surface area contributed by atoms with Gasteiger partial charge in [-0.2, -0.15) is 0 Å². The number of nitrogens with one attached hydrogen (secondary N) is 2. The van der Waals surface area contributed by atoms with Crippen LogP contribution in [0, 0.1) is 0 Å². The average Bonchev–Trinajstić information content (AvgIpc) is 3.55. The Kier molecular flexibility index (Phi) is 4.82. The molecular formula is C25H24N6. The second-order valence-corrected chi connectivity index (χ2v) is 7.70. The Hall–Kier alpha value is -3.80. The highest BCUT2D eigenvalue weighted by Gasteiger charge is 2.27. The lowest BCUT2D eigenvalue weighted by molar-refractivity contribution is 1.10. The molecule has 4 aromatic heterocycles. The Bertz CT molecular complexity index is 1360. The SMILES string of the molecule is C=C/C=C(\C=C/C)c1cc2c(-c3nc(NC)c4c(C5CC5)cncc4n3)ccnc2[nH]1. The minimum Gasteiger partial charge on any atom is -0.373 e. The van der Waals surface area contributed by atoms with E-state index in [1.807, 2.05) is 50.7 Å². The van der Waals surface area contributed by atoms with E-state index in [0.717, 1.165) is 44.6 Å². The number of fused-ring (bicyclic) bond motifs is 2. The van der Waals surface area contributed by atoms with Crippen molar-refractivity contribution in [2.45, 2.75) is 25.7 Å². The molecule has 0 radical (unpaired) electrons. The summed E-state index contributed by atoms with van der Waals surface area (Å²) in [6.07, 6.45) is 15.8. The van der Waals surface area contributed by atoms with E-state index in [2.05, 4.69) is 32.9 Å². The van der Waals surface area contributed by atoms with Crippen molar-refractivity contribution in [2.24, 2.45) is 0 Å². The first kappa shape index (κ1) is 19.2. The molecule has 2 N–H and O–H groups in total. The zero-order valence-electron chi connectivity index (χ0n) is 17.7. The molecule has 31 heavy (non-hydrogen) atoms. The van der Waals surface area contributed by atoms with Crippen LogP contribution in [0.5, 0.6) is 0 Å². The van der Waals surface area contributed by atoms with Crippen molar-refractivity contribution in [3.05, 3.63) is 72.9 Å². The third-order valence-corrected chi connectivity index (χ3v) is 5.62. The van der Waals surface area contributed by atoms with Crippen LogP contribution in [0.2, 0.25) is 0 Å². The van der Waals surface area contributed by atoms with Gasteiger partial charge in [0.2, 0.25) is 0 Å². The van der Waals surface area contributed by atoms with Gasteiger partial charge in [-0.15, -0.1) is 0 Å². The Morgan fingerprint density at radius 1 is 1.26 bits per heavy atom. The molecule has 0 spiro atoms. The minimum atomic E-state index is 0.569. The third kappa shape index (κ3) is 3.40. The lowest BCUT2D eigenvalue weighted by Gasteiger charge is -2.11. The fourth-order valence-corrected chi connectivity index (χ4v) is 4.03. The first-order valence-electron chi connectivity index (χ1n) is 10.5. The lowest BCUT2D eigenvalue weighted by Crippen LogP contribution is -2.01. The molecule has 154 valence electrons. The Morgan fingerprint density at radius 2 is 2.13 bits per heavy atom. The Balaban J connectivity index is 1.70. The molecule has 0 saturated heterocycles. The van der Waals surface area contributed by atoms with E-state index in [4.69, 9.17) is 9.97 Å². The summed E-state index contributed by atoms with van der Waals surface area (Å²) in [4.78, 5) is 22.2. The highest BCUT2D eigenvalue weighted by atomic mass is 15.0. The van der Waals surface area contributed by atoms with Crippen LogP contribution in [-0.2, 0) is 0 Å². The van der Waals surface area contributed by atoms with E-state index < -0.39 is 0 Å². The molecule has 0 aliphatic heterocycles. The summed E-state index contributed by atoms with van der Waals surface area (Å²) in [5.41, 5.74) is 5.84. The number of hydrogen-bond donors (Lipinski definition) is 2. The van der Waals surface area contributed by atoms with Gasteiger partial charge in [-0.1, -0.05) is 30.9 Å². The molecule has 5 rings (SSSR count). The summed E-state index contributed by atoms with van der Waals surface area (Å²) in [6.45, 7) is 5.82. The topological polar surface area (TPSA) is 79.4 Å². The predicted octanol–water partition coefficient (Wildman–Crippen LogP) is 5.63. The molecule has 0 unspecified atom stereocenters. The van der Waals surface area contributed by atoms with E-state index in [0.29, 0.717) is 11.7 Å². The largest absolute Gasteiger partial charge is 0.373 e. The van der Waals surface area contributed by atoms with Gasteiger partial charge in [-0.25, -0.2) is 15.0 Å². The molecule has 1 aliphatic rings. The molecule has 0 atom stereocenters. The van der Waals surface area contributed by atoms with Crippen molar-refractivity contribution in [3.63, 3.8) is 0 Å². The normalized spacial score (nSPS) is 14.6.